The highest BCUT2D eigenvalue weighted by atomic mass is 15.2. The molecule has 0 atom stereocenters. The van der Waals surface area contributed by atoms with Crippen molar-refractivity contribution in [3.8, 4) is 0 Å². The van der Waals surface area contributed by atoms with Crippen LogP contribution in [0.2, 0.25) is 0 Å². The van der Waals surface area contributed by atoms with Gasteiger partial charge < -0.3 is 10.2 Å². The number of nitrogens with zero attached hydrogens (tertiary/aromatic N) is 3. The molecule has 1 aromatic heterocycles. The molecule has 0 aliphatic heterocycles. The first-order chi connectivity index (χ1) is 7.22. The van der Waals surface area contributed by atoms with Crippen molar-refractivity contribution in [2.24, 2.45) is 0 Å². The SMILES string of the molecule is CCC(CC)N(C)c1cc(NC)ncn1. The first kappa shape index (κ1) is 11.8. The average molecular weight is 208 g/mol. The minimum Gasteiger partial charge on any atom is -0.373 e. The Morgan fingerprint density at radius 1 is 1.33 bits per heavy atom. The van der Waals surface area contributed by atoms with Crippen LogP contribution in [-0.2, 0) is 0 Å². The Morgan fingerprint density at radius 2 is 2.00 bits per heavy atom. The van der Waals surface area contributed by atoms with Gasteiger partial charge in [0.25, 0.3) is 0 Å². The van der Waals surface area contributed by atoms with Crippen LogP contribution in [0.4, 0.5) is 11.6 Å². The summed E-state index contributed by atoms with van der Waals surface area (Å²) >= 11 is 0. The number of anilines is 2. The van der Waals surface area contributed by atoms with E-state index in [4.69, 9.17) is 0 Å². The molecule has 0 aliphatic rings. The van der Waals surface area contributed by atoms with E-state index in [0.717, 1.165) is 24.5 Å². The second-order valence-electron chi connectivity index (χ2n) is 3.59. The molecule has 0 aromatic carbocycles. The Kier molecular flexibility index (Phi) is 4.34. The Morgan fingerprint density at radius 3 is 2.53 bits per heavy atom. The molecule has 15 heavy (non-hydrogen) atoms. The van der Waals surface area contributed by atoms with Crippen molar-refractivity contribution in [3.05, 3.63) is 12.4 Å². The number of rotatable bonds is 5. The van der Waals surface area contributed by atoms with Gasteiger partial charge in [0.15, 0.2) is 0 Å². The molecule has 1 rings (SSSR count). The summed E-state index contributed by atoms with van der Waals surface area (Å²) in [5, 5.41) is 3.02. The van der Waals surface area contributed by atoms with Gasteiger partial charge in [-0.3, -0.25) is 0 Å². The fraction of sp³-hybridized carbons (Fsp3) is 0.636. The summed E-state index contributed by atoms with van der Waals surface area (Å²) in [6, 6.07) is 2.52. The maximum Gasteiger partial charge on any atom is 0.134 e. The van der Waals surface area contributed by atoms with Crippen LogP contribution < -0.4 is 10.2 Å². The van der Waals surface area contributed by atoms with E-state index in [1.165, 1.54) is 0 Å². The van der Waals surface area contributed by atoms with Gasteiger partial charge in [0.2, 0.25) is 0 Å². The molecule has 4 heteroatoms. The Labute approximate surface area is 91.7 Å². The predicted molar refractivity (Wildman–Crippen MR) is 64.4 cm³/mol. The highest BCUT2D eigenvalue weighted by Crippen LogP contribution is 2.17. The molecule has 0 amide bonds. The quantitative estimate of drug-likeness (QED) is 0.805. The van der Waals surface area contributed by atoms with E-state index in [0.29, 0.717) is 6.04 Å². The normalized spacial score (nSPS) is 10.5. The Balaban J connectivity index is 2.84. The van der Waals surface area contributed by atoms with Gasteiger partial charge in [-0.05, 0) is 12.8 Å². The van der Waals surface area contributed by atoms with Crippen molar-refractivity contribution in [2.75, 3.05) is 24.3 Å². The molecule has 0 unspecified atom stereocenters. The molecule has 4 nitrogen and oxygen atoms in total. The van der Waals surface area contributed by atoms with Crippen LogP contribution in [0.5, 0.6) is 0 Å². The summed E-state index contributed by atoms with van der Waals surface area (Å²) in [4.78, 5) is 10.6. The van der Waals surface area contributed by atoms with Crippen LogP contribution in [0.1, 0.15) is 26.7 Å². The summed E-state index contributed by atoms with van der Waals surface area (Å²) < 4.78 is 0. The van der Waals surface area contributed by atoms with Crippen LogP contribution in [-0.4, -0.2) is 30.1 Å². The molecule has 1 aromatic rings. The third kappa shape index (κ3) is 2.81. The predicted octanol–water partition coefficient (Wildman–Crippen LogP) is 2.14. The van der Waals surface area contributed by atoms with Crippen molar-refractivity contribution in [2.45, 2.75) is 32.7 Å². The smallest absolute Gasteiger partial charge is 0.134 e. The number of hydrogen-bond donors (Lipinski definition) is 1. The van der Waals surface area contributed by atoms with Gasteiger partial charge in [0.05, 0.1) is 0 Å². The van der Waals surface area contributed by atoms with Gasteiger partial charge in [-0.2, -0.15) is 0 Å². The van der Waals surface area contributed by atoms with Crippen molar-refractivity contribution in [3.63, 3.8) is 0 Å². The standard InChI is InChI=1S/C11H20N4/c1-5-9(6-2)15(4)11-7-10(12-3)13-8-14-11/h7-9H,5-6H2,1-4H3,(H,12,13,14). The molecule has 0 saturated heterocycles. The summed E-state index contributed by atoms with van der Waals surface area (Å²) in [6.45, 7) is 4.40. The maximum absolute atomic E-state index is 4.28. The van der Waals surface area contributed by atoms with E-state index in [-0.39, 0.29) is 0 Å². The zero-order valence-electron chi connectivity index (χ0n) is 9.99. The highest BCUT2D eigenvalue weighted by Gasteiger charge is 2.12. The molecule has 1 heterocycles. The first-order valence-electron chi connectivity index (χ1n) is 5.45. The highest BCUT2D eigenvalue weighted by molar-refractivity contribution is 5.48. The van der Waals surface area contributed by atoms with Crippen molar-refractivity contribution < 1.29 is 0 Å². The molecular formula is C11H20N4. The Bertz CT molecular complexity index is 296. The molecule has 0 fully saturated rings. The van der Waals surface area contributed by atoms with Crippen molar-refractivity contribution >= 4 is 11.6 Å². The van der Waals surface area contributed by atoms with Crippen LogP contribution in [0.25, 0.3) is 0 Å². The van der Waals surface area contributed by atoms with Gasteiger partial charge in [-0.1, -0.05) is 13.8 Å². The number of hydrogen-bond acceptors (Lipinski definition) is 4. The average Bonchev–Trinajstić information content (AvgIpc) is 2.30. The summed E-state index contributed by atoms with van der Waals surface area (Å²) in [6.07, 6.45) is 3.86. The largest absolute Gasteiger partial charge is 0.373 e. The van der Waals surface area contributed by atoms with E-state index >= 15 is 0 Å². The lowest BCUT2D eigenvalue weighted by Crippen LogP contribution is -2.31. The number of aromatic nitrogens is 2. The van der Waals surface area contributed by atoms with E-state index in [2.05, 4.69) is 41.1 Å². The van der Waals surface area contributed by atoms with Gasteiger partial charge in [0, 0.05) is 26.2 Å². The molecule has 1 N–H and O–H groups in total. The summed E-state index contributed by atoms with van der Waals surface area (Å²) in [7, 11) is 3.95. The van der Waals surface area contributed by atoms with Gasteiger partial charge >= 0.3 is 0 Å². The van der Waals surface area contributed by atoms with E-state index in [9.17, 15) is 0 Å². The van der Waals surface area contributed by atoms with Gasteiger partial charge in [-0.25, -0.2) is 9.97 Å². The fourth-order valence-electron chi connectivity index (χ4n) is 1.70. The van der Waals surface area contributed by atoms with E-state index < -0.39 is 0 Å². The van der Waals surface area contributed by atoms with Gasteiger partial charge in [0.1, 0.15) is 18.0 Å². The van der Waals surface area contributed by atoms with E-state index in [1.807, 2.05) is 13.1 Å². The van der Waals surface area contributed by atoms with Crippen LogP contribution >= 0.6 is 0 Å². The molecule has 0 spiro atoms. The minimum absolute atomic E-state index is 0.546. The number of nitrogens with one attached hydrogen (secondary N) is 1. The second kappa shape index (κ2) is 5.53. The van der Waals surface area contributed by atoms with Crippen LogP contribution in [0.15, 0.2) is 12.4 Å². The zero-order valence-corrected chi connectivity index (χ0v) is 9.99. The van der Waals surface area contributed by atoms with Crippen molar-refractivity contribution in [1.82, 2.24) is 9.97 Å². The lowest BCUT2D eigenvalue weighted by atomic mass is 10.1. The van der Waals surface area contributed by atoms with Crippen LogP contribution in [0.3, 0.4) is 0 Å². The molecule has 0 radical (unpaired) electrons. The van der Waals surface area contributed by atoms with E-state index in [1.54, 1.807) is 6.33 Å². The topological polar surface area (TPSA) is 41.0 Å². The minimum atomic E-state index is 0.546. The Hall–Kier alpha value is -1.32. The first-order valence-corrected chi connectivity index (χ1v) is 5.45. The summed E-state index contributed by atoms with van der Waals surface area (Å²) in [5.74, 6) is 1.83. The summed E-state index contributed by atoms with van der Waals surface area (Å²) in [5.41, 5.74) is 0. The molecular weight excluding hydrogens is 188 g/mol. The lowest BCUT2D eigenvalue weighted by Gasteiger charge is -2.27. The third-order valence-electron chi connectivity index (χ3n) is 2.76. The molecule has 0 aliphatic carbocycles. The zero-order chi connectivity index (χ0) is 11.3. The van der Waals surface area contributed by atoms with Gasteiger partial charge in [-0.15, -0.1) is 0 Å². The molecule has 0 saturated carbocycles. The monoisotopic (exact) mass is 208 g/mol. The lowest BCUT2D eigenvalue weighted by molar-refractivity contribution is 0.586. The third-order valence-corrected chi connectivity index (χ3v) is 2.76. The van der Waals surface area contributed by atoms with Crippen LogP contribution in [0, 0.1) is 0 Å². The fourth-order valence-corrected chi connectivity index (χ4v) is 1.70. The molecule has 84 valence electrons. The molecule has 0 bridgehead atoms. The maximum atomic E-state index is 4.28. The van der Waals surface area contributed by atoms with Crippen molar-refractivity contribution in [1.29, 1.82) is 0 Å². The second-order valence-corrected chi connectivity index (χ2v) is 3.59.